The highest BCUT2D eigenvalue weighted by molar-refractivity contribution is 5.73. The van der Waals surface area contributed by atoms with Crippen molar-refractivity contribution in [3.8, 4) is 11.5 Å². The average molecular weight is 264 g/mol. The van der Waals surface area contributed by atoms with E-state index in [1.54, 1.807) is 6.92 Å². The smallest absolute Gasteiger partial charge is 0.270 e. The van der Waals surface area contributed by atoms with Crippen molar-refractivity contribution in [3.63, 3.8) is 0 Å². The third kappa shape index (κ3) is 2.52. The Morgan fingerprint density at radius 3 is 2.89 bits per heavy atom. The Morgan fingerprint density at radius 2 is 2.26 bits per heavy atom. The molecule has 2 N–H and O–H groups in total. The number of nitrogens with two attached hydrogens (primary N) is 1. The molecule has 100 valence electrons. The fraction of sp³-hybridized carbons (Fsp3) is 0.273. The predicted octanol–water partition coefficient (Wildman–Crippen LogP) is 1.93. The molecule has 8 nitrogen and oxygen atoms in total. The van der Waals surface area contributed by atoms with Gasteiger partial charge in [-0.3, -0.25) is 10.1 Å². The van der Waals surface area contributed by atoms with Crippen LogP contribution in [-0.4, -0.2) is 22.2 Å². The molecule has 0 fully saturated rings. The van der Waals surface area contributed by atoms with Crippen molar-refractivity contribution in [2.75, 3.05) is 12.8 Å². The van der Waals surface area contributed by atoms with Gasteiger partial charge in [0.2, 0.25) is 5.82 Å². The van der Waals surface area contributed by atoms with Gasteiger partial charge in [0.05, 0.1) is 10.5 Å². The molecule has 0 radical (unpaired) electrons. The zero-order valence-electron chi connectivity index (χ0n) is 10.4. The van der Waals surface area contributed by atoms with Gasteiger partial charge < -0.3 is 15.0 Å². The van der Waals surface area contributed by atoms with Crippen LogP contribution in [0.4, 0.5) is 11.4 Å². The van der Waals surface area contributed by atoms with Gasteiger partial charge in [-0.2, -0.15) is 4.98 Å². The Labute approximate surface area is 108 Å². The minimum Gasteiger partial charge on any atom is -0.398 e. The summed E-state index contributed by atoms with van der Waals surface area (Å²) in [5, 5.41) is 14.5. The lowest BCUT2D eigenvalue weighted by Crippen LogP contribution is -1.98. The SMILES string of the molecule is COC(C)c1noc(-c2cc([N+](=O)[O-])ccc2N)n1. The van der Waals surface area contributed by atoms with Gasteiger partial charge in [-0.15, -0.1) is 0 Å². The minimum atomic E-state index is -0.516. The van der Waals surface area contributed by atoms with E-state index in [0.29, 0.717) is 17.1 Å². The van der Waals surface area contributed by atoms with Crippen LogP contribution in [0.1, 0.15) is 18.9 Å². The monoisotopic (exact) mass is 264 g/mol. The number of aromatic nitrogens is 2. The van der Waals surface area contributed by atoms with Gasteiger partial charge in [0.1, 0.15) is 6.10 Å². The number of benzene rings is 1. The zero-order valence-corrected chi connectivity index (χ0v) is 10.4. The summed E-state index contributed by atoms with van der Waals surface area (Å²) in [5.41, 5.74) is 6.32. The van der Waals surface area contributed by atoms with Crippen LogP contribution in [0.25, 0.3) is 11.5 Å². The van der Waals surface area contributed by atoms with E-state index in [1.807, 2.05) is 0 Å². The van der Waals surface area contributed by atoms with Crippen molar-refractivity contribution >= 4 is 11.4 Å². The fourth-order valence-corrected chi connectivity index (χ4v) is 1.46. The Hall–Kier alpha value is -2.48. The largest absolute Gasteiger partial charge is 0.398 e. The Balaban J connectivity index is 2.43. The lowest BCUT2D eigenvalue weighted by molar-refractivity contribution is -0.384. The molecule has 1 aromatic carbocycles. The number of nitro groups is 1. The van der Waals surface area contributed by atoms with Crippen molar-refractivity contribution in [2.45, 2.75) is 13.0 Å². The molecule has 1 heterocycles. The molecule has 2 aromatic rings. The van der Waals surface area contributed by atoms with E-state index in [9.17, 15) is 10.1 Å². The van der Waals surface area contributed by atoms with Crippen LogP contribution in [0, 0.1) is 10.1 Å². The van der Waals surface area contributed by atoms with E-state index >= 15 is 0 Å². The maximum Gasteiger partial charge on any atom is 0.270 e. The summed E-state index contributed by atoms with van der Waals surface area (Å²) < 4.78 is 10.1. The standard InChI is InChI=1S/C11H12N4O4/c1-6(18-2)10-13-11(19-14-10)8-5-7(15(16)17)3-4-9(8)12/h3-6H,12H2,1-2H3. The van der Waals surface area contributed by atoms with Gasteiger partial charge in [-0.05, 0) is 13.0 Å². The zero-order chi connectivity index (χ0) is 14.0. The van der Waals surface area contributed by atoms with Gasteiger partial charge in [0.15, 0.2) is 0 Å². The molecule has 8 heteroatoms. The van der Waals surface area contributed by atoms with Crippen molar-refractivity contribution in [3.05, 3.63) is 34.1 Å². The lowest BCUT2D eigenvalue weighted by atomic mass is 10.1. The first-order valence-corrected chi connectivity index (χ1v) is 5.43. The fourth-order valence-electron chi connectivity index (χ4n) is 1.46. The number of hydrogen-bond donors (Lipinski definition) is 1. The maximum absolute atomic E-state index is 10.7. The van der Waals surface area contributed by atoms with Crippen LogP contribution in [0.3, 0.4) is 0 Å². The molecule has 1 aromatic heterocycles. The van der Waals surface area contributed by atoms with E-state index in [2.05, 4.69) is 10.1 Å². The van der Waals surface area contributed by atoms with Crippen LogP contribution in [0.15, 0.2) is 22.7 Å². The van der Waals surface area contributed by atoms with Crippen molar-refractivity contribution in [2.24, 2.45) is 0 Å². The molecule has 0 spiro atoms. The lowest BCUT2D eigenvalue weighted by Gasteiger charge is -2.01. The van der Waals surface area contributed by atoms with E-state index < -0.39 is 4.92 Å². The molecule has 0 aliphatic heterocycles. The molecule has 0 amide bonds. The number of nitrogens with zero attached hydrogens (tertiary/aromatic N) is 3. The van der Waals surface area contributed by atoms with Crippen molar-refractivity contribution < 1.29 is 14.2 Å². The number of methoxy groups -OCH3 is 1. The number of nitrogen functional groups attached to an aromatic ring is 1. The molecule has 0 saturated heterocycles. The summed E-state index contributed by atoms with van der Waals surface area (Å²) >= 11 is 0. The molecular weight excluding hydrogens is 252 g/mol. The molecule has 1 unspecified atom stereocenters. The number of rotatable bonds is 4. The predicted molar refractivity (Wildman–Crippen MR) is 66.2 cm³/mol. The van der Waals surface area contributed by atoms with Crippen LogP contribution in [-0.2, 0) is 4.74 Å². The highest BCUT2D eigenvalue weighted by Crippen LogP contribution is 2.29. The maximum atomic E-state index is 10.7. The quantitative estimate of drug-likeness (QED) is 0.509. The highest BCUT2D eigenvalue weighted by Gasteiger charge is 2.18. The van der Waals surface area contributed by atoms with Gasteiger partial charge in [0, 0.05) is 24.9 Å². The molecule has 0 saturated carbocycles. The number of hydrogen-bond acceptors (Lipinski definition) is 7. The van der Waals surface area contributed by atoms with E-state index in [1.165, 1.54) is 25.3 Å². The van der Waals surface area contributed by atoms with Crippen LogP contribution >= 0.6 is 0 Å². The Bertz CT molecular complexity index is 610. The first-order chi connectivity index (χ1) is 9.02. The van der Waals surface area contributed by atoms with E-state index in [-0.39, 0.29) is 17.7 Å². The summed E-state index contributed by atoms with van der Waals surface area (Å²) in [5.74, 6) is 0.475. The second kappa shape index (κ2) is 5.02. The molecule has 1 atom stereocenters. The molecule has 0 bridgehead atoms. The Morgan fingerprint density at radius 1 is 1.53 bits per heavy atom. The molecule has 2 rings (SSSR count). The summed E-state index contributed by atoms with van der Waals surface area (Å²) in [4.78, 5) is 14.3. The second-order valence-corrected chi connectivity index (χ2v) is 3.86. The first kappa shape index (κ1) is 13.0. The molecule has 0 aliphatic carbocycles. The number of nitro benzene ring substituents is 1. The molecular formula is C11H12N4O4. The van der Waals surface area contributed by atoms with Crippen LogP contribution < -0.4 is 5.73 Å². The average Bonchev–Trinajstić information content (AvgIpc) is 2.87. The minimum absolute atomic E-state index is 0.0938. The number of anilines is 1. The van der Waals surface area contributed by atoms with Gasteiger partial charge in [-0.1, -0.05) is 5.16 Å². The Kier molecular flexibility index (Phi) is 3.43. The topological polar surface area (TPSA) is 117 Å². The third-order valence-corrected chi connectivity index (χ3v) is 2.64. The molecule has 0 aliphatic rings. The molecule has 19 heavy (non-hydrogen) atoms. The number of non-ortho nitro benzene ring substituents is 1. The van der Waals surface area contributed by atoms with E-state index in [4.69, 9.17) is 15.0 Å². The van der Waals surface area contributed by atoms with E-state index in [0.717, 1.165) is 0 Å². The summed E-state index contributed by atoms with van der Waals surface area (Å²) in [7, 11) is 1.52. The van der Waals surface area contributed by atoms with Gasteiger partial charge in [-0.25, -0.2) is 0 Å². The normalized spacial score (nSPS) is 12.3. The van der Waals surface area contributed by atoms with Gasteiger partial charge in [0.25, 0.3) is 11.6 Å². The van der Waals surface area contributed by atoms with Crippen molar-refractivity contribution in [1.82, 2.24) is 10.1 Å². The van der Waals surface area contributed by atoms with Crippen molar-refractivity contribution in [1.29, 1.82) is 0 Å². The second-order valence-electron chi connectivity index (χ2n) is 3.86. The number of ether oxygens (including phenoxy) is 1. The van der Waals surface area contributed by atoms with Crippen LogP contribution in [0.2, 0.25) is 0 Å². The highest BCUT2D eigenvalue weighted by atomic mass is 16.6. The first-order valence-electron chi connectivity index (χ1n) is 5.43. The summed E-state index contributed by atoms with van der Waals surface area (Å²) in [6.45, 7) is 1.76. The van der Waals surface area contributed by atoms with Gasteiger partial charge >= 0.3 is 0 Å². The third-order valence-electron chi connectivity index (χ3n) is 2.64. The summed E-state index contributed by atoms with van der Waals surface area (Å²) in [6.07, 6.45) is -0.336. The van der Waals surface area contributed by atoms with Crippen LogP contribution in [0.5, 0.6) is 0 Å². The summed E-state index contributed by atoms with van der Waals surface area (Å²) in [6, 6.07) is 4.04.